The number of hydrogen-bond donors (Lipinski definition) is 2. The first-order valence-corrected chi connectivity index (χ1v) is 9.76. The highest BCUT2D eigenvalue weighted by atomic mass is 79.9. The second-order valence-corrected chi connectivity index (χ2v) is 7.33. The number of amides is 2. The van der Waals surface area contributed by atoms with Gasteiger partial charge in [0.25, 0.3) is 5.91 Å². The van der Waals surface area contributed by atoms with Crippen LogP contribution in [0.5, 0.6) is 0 Å². The predicted octanol–water partition coefficient (Wildman–Crippen LogP) is 1.81. The first kappa shape index (κ1) is 20.1. The number of rotatable bonds is 6. The van der Waals surface area contributed by atoms with Crippen molar-refractivity contribution in [2.45, 2.75) is 32.4 Å². The summed E-state index contributed by atoms with van der Waals surface area (Å²) >= 11 is 3.30. The topological polar surface area (TPSA) is 102 Å². The van der Waals surface area contributed by atoms with Gasteiger partial charge in [-0.3, -0.25) is 14.3 Å². The van der Waals surface area contributed by atoms with E-state index in [1.165, 1.54) is 7.11 Å². The molecule has 0 atom stereocenters. The SMILES string of the molecule is COC(=O)c1c(CNC(=O)CNC(=O)c2cccc(Br)c2)nn2c1CCCC2. The van der Waals surface area contributed by atoms with Crippen LogP contribution in [-0.2, 0) is 29.0 Å². The highest BCUT2D eigenvalue weighted by Gasteiger charge is 2.26. The van der Waals surface area contributed by atoms with Crippen LogP contribution in [0, 0.1) is 0 Å². The van der Waals surface area contributed by atoms with Gasteiger partial charge in [-0.1, -0.05) is 22.0 Å². The lowest BCUT2D eigenvalue weighted by atomic mass is 10.0. The van der Waals surface area contributed by atoms with Gasteiger partial charge in [-0.25, -0.2) is 4.79 Å². The van der Waals surface area contributed by atoms with E-state index in [1.807, 2.05) is 10.7 Å². The first-order chi connectivity index (χ1) is 13.5. The van der Waals surface area contributed by atoms with E-state index in [0.29, 0.717) is 16.8 Å². The van der Waals surface area contributed by atoms with E-state index in [4.69, 9.17) is 4.74 Å². The molecule has 9 heteroatoms. The minimum atomic E-state index is -0.449. The zero-order valence-corrected chi connectivity index (χ0v) is 17.0. The summed E-state index contributed by atoms with van der Waals surface area (Å²) in [5, 5.41) is 9.72. The highest BCUT2D eigenvalue weighted by molar-refractivity contribution is 9.10. The number of carbonyl (C=O) groups excluding carboxylic acids is 3. The maximum absolute atomic E-state index is 12.2. The molecule has 0 aliphatic carbocycles. The van der Waals surface area contributed by atoms with Crippen molar-refractivity contribution in [2.75, 3.05) is 13.7 Å². The standard InChI is InChI=1S/C19H21BrN4O4/c1-28-19(27)17-14(23-24-8-3-2-7-15(17)24)10-21-16(25)11-22-18(26)12-5-4-6-13(20)9-12/h4-6,9H,2-3,7-8,10-11H2,1H3,(H,21,25)(H,22,26). The van der Waals surface area contributed by atoms with Crippen LogP contribution in [0.4, 0.5) is 0 Å². The van der Waals surface area contributed by atoms with Crippen LogP contribution in [0.2, 0.25) is 0 Å². The molecule has 1 aliphatic heterocycles. The van der Waals surface area contributed by atoms with Crippen LogP contribution < -0.4 is 10.6 Å². The molecule has 0 spiro atoms. The molecule has 2 aromatic rings. The van der Waals surface area contributed by atoms with Crippen LogP contribution in [-0.4, -0.2) is 41.2 Å². The molecule has 8 nitrogen and oxygen atoms in total. The summed E-state index contributed by atoms with van der Waals surface area (Å²) in [5.74, 6) is -1.16. The van der Waals surface area contributed by atoms with E-state index in [1.54, 1.807) is 18.2 Å². The second kappa shape index (κ2) is 9.01. The van der Waals surface area contributed by atoms with Crippen LogP contribution in [0.3, 0.4) is 0 Å². The minimum absolute atomic E-state index is 0.0933. The molecule has 0 saturated carbocycles. The van der Waals surface area contributed by atoms with Crippen molar-refractivity contribution < 1.29 is 19.1 Å². The Morgan fingerprint density at radius 2 is 2.07 bits per heavy atom. The average molecular weight is 449 g/mol. The molecule has 0 radical (unpaired) electrons. The van der Waals surface area contributed by atoms with Crippen molar-refractivity contribution in [1.29, 1.82) is 0 Å². The molecule has 0 fully saturated rings. The molecular formula is C19H21BrN4O4. The summed E-state index contributed by atoms with van der Waals surface area (Å²) in [7, 11) is 1.33. The third-order valence-corrected chi connectivity index (χ3v) is 5.00. The Hall–Kier alpha value is -2.68. The van der Waals surface area contributed by atoms with Gasteiger partial charge in [0.05, 0.1) is 31.6 Å². The van der Waals surface area contributed by atoms with Crippen LogP contribution in [0.15, 0.2) is 28.7 Å². The number of hydrogen-bond acceptors (Lipinski definition) is 5. The molecule has 0 bridgehead atoms. The average Bonchev–Trinajstić information content (AvgIpc) is 3.08. The Morgan fingerprint density at radius 1 is 1.25 bits per heavy atom. The third-order valence-electron chi connectivity index (χ3n) is 4.50. The van der Waals surface area contributed by atoms with E-state index in [2.05, 4.69) is 31.7 Å². The Balaban J connectivity index is 1.59. The smallest absolute Gasteiger partial charge is 0.341 e. The summed E-state index contributed by atoms with van der Waals surface area (Å²) in [6.45, 7) is 0.665. The summed E-state index contributed by atoms with van der Waals surface area (Å²) in [6, 6.07) is 6.89. The molecule has 0 unspecified atom stereocenters. The molecule has 2 heterocycles. The normalized spacial score (nSPS) is 12.8. The number of nitrogens with zero attached hydrogens (tertiary/aromatic N) is 2. The van der Waals surface area contributed by atoms with Crippen molar-refractivity contribution in [3.63, 3.8) is 0 Å². The van der Waals surface area contributed by atoms with Crippen molar-refractivity contribution >= 4 is 33.7 Å². The Kier molecular flexibility index (Phi) is 6.45. The maximum Gasteiger partial charge on any atom is 0.341 e. The number of nitrogens with one attached hydrogen (secondary N) is 2. The molecule has 148 valence electrons. The molecule has 0 saturated heterocycles. The monoisotopic (exact) mass is 448 g/mol. The van der Waals surface area contributed by atoms with Gasteiger partial charge < -0.3 is 15.4 Å². The summed E-state index contributed by atoms with van der Waals surface area (Å²) in [5.41, 5.74) is 2.22. The number of ether oxygens (including phenoxy) is 1. The number of aromatic nitrogens is 2. The van der Waals surface area contributed by atoms with E-state index < -0.39 is 5.97 Å². The van der Waals surface area contributed by atoms with Crippen molar-refractivity contribution in [1.82, 2.24) is 20.4 Å². The van der Waals surface area contributed by atoms with Gasteiger partial charge in [0, 0.05) is 16.6 Å². The molecule has 3 rings (SSSR count). The maximum atomic E-state index is 12.2. The van der Waals surface area contributed by atoms with Gasteiger partial charge in [0.1, 0.15) is 5.56 Å². The summed E-state index contributed by atoms with van der Waals surface area (Å²) in [4.78, 5) is 36.4. The largest absolute Gasteiger partial charge is 0.465 e. The summed E-state index contributed by atoms with van der Waals surface area (Å²) in [6.07, 6.45) is 2.75. The molecule has 2 N–H and O–H groups in total. The number of benzene rings is 1. The van der Waals surface area contributed by atoms with Gasteiger partial charge in [-0.15, -0.1) is 0 Å². The molecule has 1 aromatic heterocycles. The molecule has 1 aliphatic rings. The minimum Gasteiger partial charge on any atom is -0.465 e. The fourth-order valence-electron chi connectivity index (χ4n) is 3.14. The van der Waals surface area contributed by atoms with Gasteiger partial charge >= 0.3 is 5.97 Å². The van der Waals surface area contributed by atoms with Crippen LogP contribution >= 0.6 is 15.9 Å². The number of esters is 1. The number of fused-ring (bicyclic) bond motifs is 1. The number of aryl methyl sites for hydroxylation is 1. The van der Waals surface area contributed by atoms with E-state index >= 15 is 0 Å². The predicted molar refractivity (Wildman–Crippen MR) is 105 cm³/mol. The molecule has 28 heavy (non-hydrogen) atoms. The van der Waals surface area contributed by atoms with Crippen molar-refractivity contribution in [3.8, 4) is 0 Å². The molecular weight excluding hydrogens is 428 g/mol. The quantitative estimate of drug-likeness (QED) is 0.656. The van der Waals surface area contributed by atoms with E-state index in [-0.39, 0.29) is 24.9 Å². The van der Waals surface area contributed by atoms with Gasteiger partial charge in [0.15, 0.2) is 0 Å². The lowest BCUT2D eigenvalue weighted by Gasteiger charge is -2.13. The number of halogens is 1. The highest BCUT2D eigenvalue weighted by Crippen LogP contribution is 2.22. The van der Waals surface area contributed by atoms with Gasteiger partial charge in [-0.05, 0) is 37.5 Å². The van der Waals surface area contributed by atoms with Crippen LogP contribution in [0.1, 0.15) is 44.9 Å². The van der Waals surface area contributed by atoms with Gasteiger partial charge in [0.2, 0.25) is 5.91 Å². The Morgan fingerprint density at radius 3 is 2.82 bits per heavy atom. The Bertz CT molecular complexity index is 909. The van der Waals surface area contributed by atoms with Crippen LogP contribution in [0.25, 0.3) is 0 Å². The van der Waals surface area contributed by atoms with E-state index in [0.717, 1.165) is 36.0 Å². The molecule has 1 aromatic carbocycles. The van der Waals surface area contributed by atoms with E-state index in [9.17, 15) is 14.4 Å². The summed E-state index contributed by atoms with van der Waals surface area (Å²) < 4.78 is 7.47. The molecule has 2 amide bonds. The van der Waals surface area contributed by atoms with Crippen molar-refractivity contribution in [2.24, 2.45) is 0 Å². The third kappa shape index (κ3) is 4.59. The fraction of sp³-hybridized carbons (Fsp3) is 0.368. The number of carbonyl (C=O) groups is 3. The first-order valence-electron chi connectivity index (χ1n) is 8.97. The fourth-order valence-corrected chi connectivity index (χ4v) is 3.54. The zero-order valence-electron chi connectivity index (χ0n) is 15.5. The zero-order chi connectivity index (χ0) is 20.1. The Labute approximate surface area is 170 Å². The second-order valence-electron chi connectivity index (χ2n) is 6.41. The van der Waals surface area contributed by atoms with Gasteiger partial charge in [-0.2, -0.15) is 5.10 Å². The van der Waals surface area contributed by atoms with Crippen molar-refractivity contribution in [3.05, 3.63) is 51.3 Å². The lowest BCUT2D eigenvalue weighted by Crippen LogP contribution is -2.36. The lowest BCUT2D eigenvalue weighted by molar-refractivity contribution is -0.120. The number of methoxy groups -OCH3 is 1.